The molecule has 2 rings (SSSR count). The molecule has 0 bridgehead atoms. The van der Waals surface area contributed by atoms with Crippen molar-refractivity contribution in [2.75, 3.05) is 18.0 Å². The minimum atomic E-state index is -0.872. The Balaban J connectivity index is 2.02. The molecule has 0 spiro atoms. The standard InChI is InChI=1S/C15H19FN2O3/c1-2-18(12-6-3-5-11(16)9-12)14(21)17-10-15(13(19)20)7-4-8-15/h3,5-6,9H,2,4,7-8,10H2,1H3,(H,17,21)(H,19,20). The van der Waals surface area contributed by atoms with E-state index in [4.69, 9.17) is 0 Å². The van der Waals surface area contributed by atoms with Crippen molar-refractivity contribution in [1.82, 2.24) is 5.32 Å². The summed E-state index contributed by atoms with van der Waals surface area (Å²) in [5.41, 5.74) is -0.384. The van der Waals surface area contributed by atoms with Gasteiger partial charge in [0.15, 0.2) is 0 Å². The van der Waals surface area contributed by atoms with Crippen LogP contribution in [0.1, 0.15) is 26.2 Å². The van der Waals surface area contributed by atoms with E-state index in [1.165, 1.54) is 23.1 Å². The van der Waals surface area contributed by atoms with E-state index in [2.05, 4.69) is 5.32 Å². The first-order chi connectivity index (χ1) is 9.98. The minimum absolute atomic E-state index is 0.104. The van der Waals surface area contributed by atoms with Crippen LogP contribution in [0.4, 0.5) is 14.9 Å². The molecule has 1 saturated carbocycles. The van der Waals surface area contributed by atoms with Gasteiger partial charge < -0.3 is 10.4 Å². The zero-order valence-electron chi connectivity index (χ0n) is 11.9. The Hall–Kier alpha value is -2.11. The first kappa shape index (κ1) is 15.3. The maximum atomic E-state index is 13.2. The molecule has 6 heteroatoms. The number of benzene rings is 1. The summed E-state index contributed by atoms with van der Waals surface area (Å²) < 4.78 is 13.2. The number of carboxylic acids is 1. The number of carbonyl (C=O) groups excluding carboxylic acids is 1. The molecule has 2 amide bonds. The van der Waals surface area contributed by atoms with E-state index in [-0.39, 0.29) is 6.54 Å². The third-order valence-corrected chi connectivity index (χ3v) is 4.02. The van der Waals surface area contributed by atoms with Crippen molar-refractivity contribution in [3.63, 3.8) is 0 Å². The third-order valence-electron chi connectivity index (χ3n) is 4.02. The fourth-order valence-corrected chi connectivity index (χ4v) is 2.50. The highest BCUT2D eigenvalue weighted by molar-refractivity contribution is 5.92. The lowest BCUT2D eigenvalue weighted by atomic mass is 9.69. The fourth-order valence-electron chi connectivity index (χ4n) is 2.50. The molecule has 0 radical (unpaired) electrons. The normalized spacial score (nSPS) is 15.9. The molecule has 1 aromatic carbocycles. The Labute approximate surface area is 122 Å². The zero-order chi connectivity index (χ0) is 15.5. The van der Waals surface area contributed by atoms with Crippen molar-refractivity contribution in [1.29, 1.82) is 0 Å². The molecule has 1 aliphatic carbocycles. The second-order valence-corrected chi connectivity index (χ2v) is 5.32. The minimum Gasteiger partial charge on any atom is -0.481 e. The lowest BCUT2D eigenvalue weighted by Crippen LogP contribution is -2.50. The summed E-state index contributed by atoms with van der Waals surface area (Å²) in [6.07, 6.45) is 2.02. The Kier molecular flexibility index (Phi) is 4.45. The van der Waals surface area contributed by atoms with Gasteiger partial charge in [-0.05, 0) is 38.0 Å². The Morgan fingerprint density at radius 2 is 2.14 bits per heavy atom. The van der Waals surface area contributed by atoms with E-state index in [1.54, 1.807) is 13.0 Å². The molecule has 21 heavy (non-hydrogen) atoms. The number of anilines is 1. The average molecular weight is 294 g/mol. The van der Waals surface area contributed by atoms with Gasteiger partial charge >= 0.3 is 12.0 Å². The number of hydrogen-bond acceptors (Lipinski definition) is 2. The van der Waals surface area contributed by atoms with Crippen LogP contribution in [0.25, 0.3) is 0 Å². The number of amides is 2. The molecule has 0 unspecified atom stereocenters. The van der Waals surface area contributed by atoms with Gasteiger partial charge in [-0.15, -0.1) is 0 Å². The molecule has 5 nitrogen and oxygen atoms in total. The molecule has 0 heterocycles. The van der Waals surface area contributed by atoms with Gasteiger partial charge in [-0.25, -0.2) is 9.18 Å². The number of hydrogen-bond donors (Lipinski definition) is 2. The second-order valence-electron chi connectivity index (χ2n) is 5.32. The molecule has 0 aromatic heterocycles. The van der Waals surface area contributed by atoms with Gasteiger partial charge in [0, 0.05) is 18.8 Å². The summed E-state index contributed by atoms with van der Waals surface area (Å²) in [6.45, 7) is 2.25. The van der Waals surface area contributed by atoms with E-state index < -0.39 is 23.2 Å². The molecule has 114 valence electrons. The highest BCUT2D eigenvalue weighted by atomic mass is 19.1. The first-order valence-electron chi connectivity index (χ1n) is 7.03. The summed E-state index contributed by atoms with van der Waals surface area (Å²) in [6, 6.07) is 5.35. The molecular weight excluding hydrogens is 275 g/mol. The summed E-state index contributed by atoms with van der Waals surface area (Å²) >= 11 is 0. The van der Waals surface area contributed by atoms with Crippen LogP contribution in [-0.2, 0) is 4.79 Å². The Morgan fingerprint density at radius 1 is 1.43 bits per heavy atom. The van der Waals surface area contributed by atoms with E-state index in [0.717, 1.165) is 6.42 Å². The van der Waals surface area contributed by atoms with Gasteiger partial charge in [0.25, 0.3) is 0 Å². The summed E-state index contributed by atoms with van der Waals surface area (Å²) in [4.78, 5) is 24.8. The number of halogens is 1. The van der Waals surface area contributed by atoms with Gasteiger partial charge in [0.1, 0.15) is 5.82 Å². The van der Waals surface area contributed by atoms with Crippen molar-refractivity contribution >= 4 is 17.7 Å². The molecule has 1 aromatic rings. The summed E-state index contributed by atoms with van der Waals surface area (Å²) in [5, 5.41) is 11.9. The number of aliphatic carboxylic acids is 1. The van der Waals surface area contributed by atoms with Gasteiger partial charge in [0.05, 0.1) is 5.41 Å². The smallest absolute Gasteiger partial charge is 0.321 e. The number of carbonyl (C=O) groups is 2. The van der Waals surface area contributed by atoms with Crippen molar-refractivity contribution in [2.45, 2.75) is 26.2 Å². The van der Waals surface area contributed by atoms with Crippen molar-refractivity contribution in [3.8, 4) is 0 Å². The van der Waals surface area contributed by atoms with Gasteiger partial charge in [0.2, 0.25) is 0 Å². The number of carboxylic acid groups (broad SMARTS) is 1. The summed E-state index contributed by atoms with van der Waals surface area (Å²) in [5.74, 6) is -1.29. The number of nitrogens with one attached hydrogen (secondary N) is 1. The van der Waals surface area contributed by atoms with Gasteiger partial charge in [-0.2, -0.15) is 0 Å². The van der Waals surface area contributed by atoms with E-state index >= 15 is 0 Å². The highest BCUT2D eigenvalue weighted by Crippen LogP contribution is 2.40. The number of urea groups is 1. The SMILES string of the molecule is CCN(C(=O)NCC1(C(=O)O)CCC1)c1cccc(F)c1. The topological polar surface area (TPSA) is 69.6 Å². The molecule has 0 aliphatic heterocycles. The fraction of sp³-hybridized carbons (Fsp3) is 0.467. The quantitative estimate of drug-likeness (QED) is 0.877. The Bertz CT molecular complexity index is 543. The van der Waals surface area contributed by atoms with E-state index in [9.17, 15) is 19.1 Å². The second kappa shape index (κ2) is 6.11. The lowest BCUT2D eigenvalue weighted by molar-refractivity contribution is -0.153. The van der Waals surface area contributed by atoms with Crippen LogP contribution in [-0.4, -0.2) is 30.2 Å². The van der Waals surface area contributed by atoms with Crippen LogP contribution in [0.2, 0.25) is 0 Å². The maximum Gasteiger partial charge on any atom is 0.321 e. The zero-order valence-corrected chi connectivity index (χ0v) is 11.9. The monoisotopic (exact) mass is 294 g/mol. The molecule has 1 fully saturated rings. The molecule has 2 N–H and O–H groups in total. The number of nitrogens with zero attached hydrogens (tertiary/aromatic N) is 1. The highest BCUT2D eigenvalue weighted by Gasteiger charge is 2.44. The van der Waals surface area contributed by atoms with Crippen LogP contribution in [0.3, 0.4) is 0 Å². The first-order valence-corrected chi connectivity index (χ1v) is 7.03. The van der Waals surface area contributed by atoms with Crippen molar-refractivity contribution in [3.05, 3.63) is 30.1 Å². The van der Waals surface area contributed by atoms with Crippen LogP contribution in [0, 0.1) is 11.2 Å². The third kappa shape index (κ3) is 3.15. The van der Waals surface area contributed by atoms with Crippen molar-refractivity contribution in [2.24, 2.45) is 5.41 Å². The molecule has 1 aliphatic rings. The summed E-state index contributed by atoms with van der Waals surface area (Å²) in [7, 11) is 0. The van der Waals surface area contributed by atoms with Crippen LogP contribution in [0.15, 0.2) is 24.3 Å². The van der Waals surface area contributed by atoms with E-state index in [0.29, 0.717) is 25.1 Å². The molecule has 0 saturated heterocycles. The van der Waals surface area contributed by atoms with Crippen LogP contribution >= 0.6 is 0 Å². The van der Waals surface area contributed by atoms with Gasteiger partial charge in [-0.1, -0.05) is 12.5 Å². The number of rotatable bonds is 5. The van der Waals surface area contributed by atoms with Crippen LogP contribution < -0.4 is 10.2 Å². The molecular formula is C15H19FN2O3. The Morgan fingerprint density at radius 3 is 2.62 bits per heavy atom. The van der Waals surface area contributed by atoms with E-state index in [1.807, 2.05) is 0 Å². The predicted octanol–water partition coefficient (Wildman–Crippen LogP) is 2.62. The maximum absolute atomic E-state index is 13.2. The van der Waals surface area contributed by atoms with Crippen molar-refractivity contribution < 1.29 is 19.1 Å². The van der Waals surface area contributed by atoms with Crippen LogP contribution in [0.5, 0.6) is 0 Å². The predicted molar refractivity (Wildman–Crippen MR) is 76.7 cm³/mol. The largest absolute Gasteiger partial charge is 0.481 e. The lowest BCUT2D eigenvalue weighted by Gasteiger charge is -2.38. The van der Waals surface area contributed by atoms with Gasteiger partial charge in [-0.3, -0.25) is 9.69 Å². The average Bonchev–Trinajstić information content (AvgIpc) is 2.38. The molecule has 0 atom stereocenters.